The molecular weight excluding hydrogens is 443 g/mol. The number of carbonyl (C=O) groups is 1. The first-order chi connectivity index (χ1) is 14.5. The first-order valence-corrected chi connectivity index (χ1v) is 11.0. The molecule has 0 saturated carbocycles. The first kappa shape index (κ1) is 22.5. The zero-order chi connectivity index (χ0) is 21.7. The van der Waals surface area contributed by atoms with Crippen LogP contribution in [0.1, 0.15) is 25.0 Å². The largest absolute Gasteiger partial charge is 0.493 e. The Hall–Kier alpha value is -2.15. The van der Waals surface area contributed by atoms with E-state index >= 15 is 0 Å². The highest BCUT2D eigenvalue weighted by molar-refractivity contribution is 8.18. The molecule has 0 bridgehead atoms. The van der Waals surface area contributed by atoms with Gasteiger partial charge in [-0.05, 0) is 55.4 Å². The van der Waals surface area contributed by atoms with Gasteiger partial charge in [0.15, 0.2) is 16.7 Å². The minimum atomic E-state index is -0.0659. The number of amides is 1. The van der Waals surface area contributed by atoms with Crippen molar-refractivity contribution in [2.75, 3.05) is 20.2 Å². The van der Waals surface area contributed by atoms with Gasteiger partial charge in [0.05, 0.1) is 17.0 Å². The van der Waals surface area contributed by atoms with Gasteiger partial charge in [0.25, 0.3) is 5.91 Å². The van der Waals surface area contributed by atoms with Crippen LogP contribution >= 0.6 is 35.0 Å². The summed E-state index contributed by atoms with van der Waals surface area (Å²) in [5.74, 6) is 0.838. The van der Waals surface area contributed by atoms with Crippen molar-refractivity contribution in [1.29, 1.82) is 0 Å². The summed E-state index contributed by atoms with van der Waals surface area (Å²) in [6, 6.07) is 11.0. The lowest BCUT2D eigenvalue weighted by atomic mass is 10.1. The van der Waals surface area contributed by atoms with Crippen LogP contribution in [-0.2, 0) is 11.4 Å². The zero-order valence-corrected chi connectivity index (χ0v) is 19.3. The second-order valence-electron chi connectivity index (χ2n) is 6.33. The Labute approximate surface area is 190 Å². The van der Waals surface area contributed by atoms with E-state index in [2.05, 4.69) is 4.99 Å². The number of hydrogen-bond donors (Lipinski definition) is 0. The molecule has 8 heteroatoms. The highest BCUT2D eigenvalue weighted by Crippen LogP contribution is 2.39. The van der Waals surface area contributed by atoms with Crippen molar-refractivity contribution >= 4 is 52.1 Å². The van der Waals surface area contributed by atoms with Crippen molar-refractivity contribution in [2.45, 2.75) is 20.5 Å². The number of nitrogens with zero attached hydrogens (tertiary/aromatic N) is 2. The number of carbonyl (C=O) groups excluding carboxylic acids is 1. The summed E-state index contributed by atoms with van der Waals surface area (Å²) in [6.07, 6.45) is 1.79. The molecule has 1 aliphatic rings. The zero-order valence-electron chi connectivity index (χ0n) is 16.9. The maximum absolute atomic E-state index is 12.7. The number of ether oxygens (including phenoxy) is 2. The van der Waals surface area contributed by atoms with E-state index in [-0.39, 0.29) is 12.5 Å². The molecule has 0 N–H and O–H groups in total. The Kier molecular flexibility index (Phi) is 7.69. The average Bonchev–Trinajstić information content (AvgIpc) is 3.02. The number of rotatable bonds is 7. The molecule has 1 saturated heterocycles. The Balaban J connectivity index is 1.87. The molecule has 2 aromatic rings. The molecule has 0 spiro atoms. The first-order valence-electron chi connectivity index (χ1n) is 9.48. The third kappa shape index (κ3) is 4.94. The van der Waals surface area contributed by atoms with Crippen LogP contribution < -0.4 is 9.47 Å². The molecule has 1 amide bonds. The van der Waals surface area contributed by atoms with Crippen LogP contribution in [0.4, 0.5) is 0 Å². The van der Waals surface area contributed by atoms with E-state index in [9.17, 15) is 4.79 Å². The van der Waals surface area contributed by atoms with E-state index in [1.54, 1.807) is 36.3 Å². The Morgan fingerprint density at radius 2 is 1.93 bits per heavy atom. The normalized spacial score (nSPS) is 16.6. The van der Waals surface area contributed by atoms with E-state index in [0.29, 0.717) is 44.7 Å². The maximum atomic E-state index is 12.7. The second kappa shape index (κ2) is 10.2. The number of halogens is 2. The number of benzene rings is 2. The summed E-state index contributed by atoms with van der Waals surface area (Å²) in [4.78, 5) is 19.3. The molecular formula is C22H22Cl2N2O3S. The Morgan fingerprint density at radius 3 is 2.60 bits per heavy atom. The third-order valence-electron chi connectivity index (χ3n) is 4.38. The predicted molar refractivity (Wildman–Crippen MR) is 125 cm³/mol. The van der Waals surface area contributed by atoms with Crippen LogP contribution in [0, 0.1) is 0 Å². The molecule has 3 rings (SSSR count). The minimum Gasteiger partial charge on any atom is -0.493 e. The van der Waals surface area contributed by atoms with E-state index in [1.165, 1.54) is 11.8 Å². The van der Waals surface area contributed by atoms with Crippen LogP contribution in [0.15, 0.2) is 46.3 Å². The lowest BCUT2D eigenvalue weighted by molar-refractivity contribution is -0.122. The number of aliphatic imine (C=N–C) groups is 1. The van der Waals surface area contributed by atoms with Gasteiger partial charge in [-0.15, -0.1) is 0 Å². The molecule has 1 aliphatic heterocycles. The lowest BCUT2D eigenvalue weighted by Gasteiger charge is -2.14. The quantitative estimate of drug-likeness (QED) is 0.479. The van der Waals surface area contributed by atoms with Gasteiger partial charge in [0, 0.05) is 23.7 Å². The second-order valence-corrected chi connectivity index (χ2v) is 8.15. The van der Waals surface area contributed by atoms with Crippen molar-refractivity contribution in [3.63, 3.8) is 0 Å². The highest BCUT2D eigenvalue weighted by atomic mass is 35.5. The standard InChI is InChI=1S/C22H22Cl2N2O3S/c1-4-25-22-26(5-2)21(27)19(30-22)12-14-10-17(24)20(18(11-14)28-3)29-13-15-8-6-7-9-16(15)23/h6-12H,4-5,13H2,1-3H3/b19-12+,25-22?. The van der Waals surface area contributed by atoms with Crippen LogP contribution in [0.2, 0.25) is 10.0 Å². The minimum absolute atomic E-state index is 0.0659. The summed E-state index contributed by atoms with van der Waals surface area (Å²) >= 11 is 14.0. The molecule has 1 fully saturated rings. The van der Waals surface area contributed by atoms with E-state index in [1.807, 2.05) is 32.0 Å². The van der Waals surface area contributed by atoms with Crippen molar-refractivity contribution in [1.82, 2.24) is 4.90 Å². The summed E-state index contributed by atoms with van der Waals surface area (Å²) in [5.41, 5.74) is 1.59. The lowest BCUT2D eigenvalue weighted by Crippen LogP contribution is -2.28. The van der Waals surface area contributed by atoms with E-state index < -0.39 is 0 Å². The van der Waals surface area contributed by atoms with Crippen molar-refractivity contribution in [3.8, 4) is 11.5 Å². The molecule has 0 aliphatic carbocycles. The summed E-state index contributed by atoms with van der Waals surface area (Å²) < 4.78 is 11.4. The van der Waals surface area contributed by atoms with Gasteiger partial charge in [-0.25, -0.2) is 0 Å². The van der Waals surface area contributed by atoms with Gasteiger partial charge in [-0.1, -0.05) is 41.4 Å². The Bertz CT molecular complexity index is 1010. The van der Waals surface area contributed by atoms with Gasteiger partial charge in [-0.2, -0.15) is 0 Å². The van der Waals surface area contributed by atoms with Gasteiger partial charge in [0.1, 0.15) is 6.61 Å². The monoisotopic (exact) mass is 464 g/mol. The molecule has 30 heavy (non-hydrogen) atoms. The molecule has 5 nitrogen and oxygen atoms in total. The van der Waals surface area contributed by atoms with Crippen molar-refractivity contribution < 1.29 is 14.3 Å². The molecule has 0 atom stereocenters. The SMILES string of the molecule is CCN=C1S/C(=C/c2cc(Cl)c(OCc3ccccc3Cl)c(OC)c2)C(=O)N1CC. The van der Waals surface area contributed by atoms with Gasteiger partial charge in [0.2, 0.25) is 0 Å². The molecule has 0 radical (unpaired) electrons. The molecule has 2 aromatic carbocycles. The maximum Gasteiger partial charge on any atom is 0.266 e. The fourth-order valence-electron chi connectivity index (χ4n) is 2.92. The number of hydrogen-bond acceptors (Lipinski definition) is 5. The van der Waals surface area contributed by atoms with Crippen LogP contribution in [0.3, 0.4) is 0 Å². The van der Waals surface area contributed by atoms with Crippen LogP contribution in [0.25, 0.3) is 6.08 Å². The van der Waals surface area contributed by atoms with Gasteiger partial charge >= 0.3 is 0 Å². The van der Waals surface area contributed by atoms with Gasteiger partial charge < -0.3 is 9.47 Å². The number of thioether (sulfide) groups is 1. The summed E-state index contributed by atoms with van der Waals surface area (Å²) in [5, 5.41) is 1.73. The number of likely N-dealkylation sites (N-methyl/N-ethyl adjacent to an activating group) is 1. The van der Waals surface area contributed by atoms with E-state index in [4.69, 9.17) is 32.7 Å². The van der Waals surface area contributed by atoms with Gasteiger partial charge in [-0.3, -0.25) is 14.7 Å². The summed E-state index contributed by atoms with van der Waals surface area (Å²) in [7, 11) is 1.55. The number of methoxy groups -OCH3 is 1. The molecule has 1 heterocycles. The third-order valence-corrected chi connectivity index (χ3v) is 6.07. The average molecular weight is 465 g/mol. The molecule has 0 aromatic heterocycles. The fraction of sp³-hybridized carbons (Fsp3) is 0.273. The van der Waals surface area contributed by atoms with Crippen LogP contribution in [0.5, 0.6) is 11.5 Å². The predicted octanol–water partition coefficient (Wildman–Crippen LogP) is 5.89. The molecule has 158 valence electrons. The van der Waals surface area contributed by atoms with Crippen molar-refractivity contribution in [2.24, 2.45) is 4.99 Å². The topological polar surface area (TPSA) is 51.1 Å². The Morgan fingerprint density at radius 1 is 1.17 bits per heavy atom. The molecule has 0 unspecified atom stereocenters. The highest BCUT2D eigenvalue weighted by Gasteiger charge is 2.31. The summed E-state index contributed by atoms with van der Waals surface area (Å²) in [6.45, 7) is 5.32. The van der Waals surface area contributed by atoms with E-state index in [0.717, 1.165) is 11.1 Å². The number of amidine groups is 1. The fourth-order valence-corrected chi connectivity index (χ4v) is 4.49. The smallest absolute Gasteiger partial charge is 0.266 e. The van der Waals surface area contributed by atoms with Crippen LogP contribution in [-0.4, -0.2) is 36.2 Å². The van der Waals surface area contributed by atoms with Crippen molar-refractivity contribution in [3.05, 3.63) is 62.5 Å².